The van der Waals surface area contributed by atoms with Crippen molar-refractivity contribution in [1.29, 1.82) is 0 Å². The van der Waals surface area contributed by atoms with Crippen molar-refractivity contribution in [2.75, 3.05) is 5.73 Å². The molecule has 0 fully saturated rings. The van der Waals surface area contributed by atoms with E-state index in [1.54, 1.807) is 0 Å². The van der Waals surface area contributed by atoms with E-state index >= 15 is 0 Å². The standard InChI is InChI=1S/C34H24N2/c1-2-19-9-11-20(12-10-19)34(36)16-15-24-29-17-26-21-5-3-7-25-31(35)14-13-23(32(21)25)28(26)18-27(29)22-6-4-8-30(34)33(22)24/h2-15,17-18H,1,16,35-36H2. The summed E-state index contributed by atoms with van der Waals surface area (Å²) in [6.45, 7) is 3.89. The zero-order valence-electron chi connectivity index (χ0n) is 19.8. The Balaban J connectivity index is 1.48. The molecule has 1 unspecified atom stereocenters. The molecule has 0 aromatic heterocycles. The van der Waals surface area contributed by atoms with Gasteiger partial charge in [0, 0.05) is 11.1 Å². The summed E-state index contributed by atoms with van der Waals surface area (Å²) in [6, 6.07) is 30.6. The van der Waals surface area contributed by atoms with Crippen molar-refractivity contribution in [3.63, 3.8) is 0 Å². The van der Waals surface area contributed by atoms with E-state index in [0.29, 0.717) is 0 Å². The Morgan fingerprint density at radius 1 is 0.667 bits per heavy atom. The Morgan fingerprint density at radius 3 is 2.08 bits per heavy atom. The SMILES string of the molecule is C=Cc1ccc(C2(N)CC=c3c4cc5c(cc4c4cccc2c34)c2ccc(N)c3cccc5c32)cc1. The monoisotopic (exact) mass is 460 g/mol. The largest absolute Gasteiger partial charge is 0.398 e. The van der Waals surface area contributed by atoms with Crippen LogP contribution in [0.4, 0.5) is 5.69 Å². The molecule has 1 aliphatic carbocycles. The molecule has 7 aromatic rings. The fraction of sp³-hybridized carbons (Fsp3) is 0.0588. The average molecular weight is 461 g/mol. The molecule has 2 heteroatoms. The van der Waals surface area contributed by atoms with Crippen LogP contribution >= 0.6 is 0 Å². The molecule has 0 bridgehead atoms. The summed E-state index contributed by atoms with van der Waals surface area (Å²) in [5, 5.41) is 14.0. The molecule has 2 nitrogen and oxygen atoms in total. The van der Waals surface area contributed by atoms with E-state index in [4.69, 9.17) is 11.5 Å². The molecule has 1 aliphatic rings. The van der Waals surface area contributed by atoms with Gasteiger partial charge in [-0.1, -0.05) is 85.5 Å². The predicted octanol–water partition coefficient (Wildman–Crippen LogP) is 7.22. The number of nitrogen functional groups attached to an aromatic ring is 1. The number of rotatable bonds is 2. The van der Waals surface area contributed by atoms with Crippen LogP contribution in [0.5, 0.6) is 0 Å². The van der Waals surface area contributed by atoms with Crippen molar-refractivity contribution < 1.29 is 0 Å². The van der Waals surface area contributed by atoms with Crippen LogP contribution in [0.3, 0.4) is 0 Å². The van der Waals surface area contributed by atoms with Gasteiger partial charge in [-0.05, 0) is 95.0 Å². The Morgan fingerprint density at radius 2 is 1.31 bits per heavy atom. The first kappa shape index (κ1) is 19.9. The third kappa shape index (κ3) is 2.30. The molecule has 0 saturated carbocycles. The maximum atomic E-state index is 7.22. The van der Waals surface area contributed by atoms with Gasteiger partial charge in [0.25, 0.3) is 0 Å². The third-order valence-electron chi connectivity index (χ3n) is 8.50. The first-order chi connectivity index (χ1) is 17.6. The highest BCUT2D eigenvalue weighted by atomic mass is 14.7. The number of nitrogens with two attached hydrogens (primary N) is 2. The lowest BCUT2D eigenvalue weighted by molar-refractivity contribution is 0.561. The fourth-order valence-electron chi connectivity index (χ4n) is 6.72. The van der Waals surface area contributed by atoms with Crippen molar-refractivity contribution in [1.82, 2.24) is 0 Å². The fourth-order valence-corrected chi connectivity index (χ4v) is 6.72. The van der Waals surface area contributed by atoms with Crippen LogP contribution < -0.4 is 16.7 Å². The number of anilines is 1. The minimum atomic E-state index is -0.560. The maximum absolute atomic E-state index is 7.22. The van der Waals surface area contributed by atoms with Gasteiger partial charge in [-0.25, -0.2) is 0 Å². The van der Waals surface area contributed by atoms with Crippen LogP contribution in [0, 0.1) is 0 Å². The lowest BCUT2D eigenvalue weighted by atomic mass is 9.76. The molecule has 36 heavy (non-hydrogen) atoms. The summed E-state index contributed by atoms with van der Waals surface area (Å²) in [5.41, 5.74) is 17.3. The normalized spacial score (nSPS) is 17.5. The summed E-state index contributed by atoms with van der Waals surface area (Å²) in [7, 11) is 0. The number of hydrogen-bond acceptors (Lipinski definition) is 2. The molecular formula is C34H24N2. The quantitative estimate of drug-likeness (QED) is 0.268. The molecular weight excluding hydrogens is 436 g/mol. The predicted molar refractivity (Wildman–Crippen MR) is 155 cm³/mol. The summed E-state index contributed by atoms with van der Waals surface area (Å²) < 4.78 is 0. The van der Waals surface area contributed by atoms with Crippen LogP contribution in [-0.4, -0.2) is 0 Å². The highest BCUT2D eigenvalue weighted by Gasteiger charge is 2.34. The summed E-state index contributed by atoms with van der Waals surface area (Å²) in [4.78, 5) is 0. The number of benzene rings is 5. The molecule has 1 atom stereocenters. The molecule has 0 saturated heterocycles. The van der Waals surface area contributed by atoms with E-state index in [1.165, 1.54) is 59.3 Å². The van der Waals surface area contributed by atoms with Crippen LogP contribution in [0.1, 0.15) is 23.1 Å². The van der Waals surface area contributed by atoms with Gasteiger partial charge in [0.05, 0.1) is 5.54 Å². The van der Waals surface area contributed by atoms with Gasteiger partial charge in [-0.15, -0.1) is 0 Å². The van der Waals surface area contributed by atoms with Gasteiger partial charge < -0.3 is 11.5 Å². The van der Waals surface area contributed by atoms with Gasteiger partial charge >= 0.3 is 0 Å². The molecule has 4 N–H and O–H groups in total. The van der Waals surface area contributed by atoms with Crippen LogP contribution in [0.15, 0.2) is 91.5 Å². The molecule has 0 aliphatic heterocycles. The van der Waals surface area contributed by atoms with E-state index in [9.17, 15) is 0 Å². The van der Waals surface area contributed by atoms with Crippen molar-refractivity contribution in [2.24, 2.45) is 5.73 Å². The smallest absolute Gasteiger partial charge is 0.0707 e. The summed E-state index contributed by atoms with van der Waals surface area (Å²) in [5.74, 6) is 0. The van der Waals surface area contributed by atoms with E-state index in [2.05, 4.69) is 91.5 Å². The van der Waals surface area contributed by atoms with E-state index in [-0.39, 0.29) is 0 Å². The maximum Gasteiger partial charge on any atom is 0.0707 e. The van der Waals surface area contributed by atoms with Crippen molar-refractivity contribution in [3.8, 4) is 0 Å². The van der Waals surface area contributed by atoms with E-state index in [1.807, 2.05) is 12.1 Å². The third-order valence-corrected chi connectivity index (χ3v) is 8.50. The van der Waals surface area contributed by atoms with Gasteiger partial charge in [0.1, 0.15) is 0 Å². The molecule has 0 radical (unpaired) electrons. The molecule has 7 aromatic carbocycles. The van der Waals surface area contributed by atoms with Gasteiger partial charge in [0.15, 0.2) is 0 Å². The van der Waals surface area contributed by atoms with Gasteiger partial charge in [-0.3, -0.25) is 0 Å². The Hall–Kier alpha value is -4.40. The topological polar surface area (TPSA) is 52.0 Å². The van der Waals surface area contributed by atoms with Crippen molar-refractivity contribution in [2.45, 2.75) is 12.0 Å². The molecule has 170 valence electrons. The van der Waals surface area contributed by atoms with Crippen molar-refractivity contribution in [3.05, 3.63) is 113 Å². The number of hydrogen-bond donors (Lipinski definition) is 2. The van der Waals surface area contributed by atoms with E-state index in [0.717, 1.165) is 28.6 Å². The highest BCUT2D eigenvalue weighted by Crippen LogP contribution is 2.44. The molecule has 8 rings (SSSR count). The zero-order chi connectivity index (χ0) is 24.2. The average Bonchev–Trinajstić information content (AvgIpc) is 3.41. The second-order valence-electron chi connectivity index (χ2n) is 10.2. The zero-order valence-corrected chi connectivity index (χ0v) is 19.8. The highest BCUT2D eigenvalue weighted by molar-refractivity contribution is 6.34. The number of fused-ring (bicyclic) bond motifs is 6. The van der Waals surface area contributed by atoms with Crippen LogP contribution in [0.2, 0.25) is 0 Å². The minimum absolute atomic E-state index is 0.560. The van der Waals surface area contributed by atoms with Gasteiger partial charge in [-0.2, -0.15) is 0 Å². The minimum Gasteiger partial charge on any atom is -0.398 e. The van der Waals surface area contributed by atoms with Gasteiger partial charge in [0.2, 0.25) is 0 Å². The van der Waals surface area contributed by atoms with Crippen molar-refractivity contribution >= 4 is 71.7 Å². The second-order valence-corrected chi connectivity index (χ2v) is 10.2. The van der Waals surface area contributed by atoms with E-state index < -0.39 is 5.54 Å². The second kappa shape index (κ2) is 6.63. The Bertz CT molecular complexity index is 2100. The summed E-state index contributed by atoms with van der Waals surface area (Å²) in [6.07, 6.45) is 4.98. The Labute approximate surface area is 208 Å². The van der Waals surface area contributed by atoms with Crippen LogP contribution in [-0.2, 0) is 5.54 Å². The summed E-state index contributed by atoms with van der Waals surface area (Å²) >= 11 is 0. The molecule has 0 spiro atoms. The van der Waals surface area contributed by atoms with Crippen LogP contribution in [0.25, 0.3) is 66.0 Å². The molecule has 0 heterocycles. The first-order valence-electron chi connectivity index (χ1n) is 12.4. The lowest BCUT2D eigenvalue weighted by Gasteiger charge is -2.33. The lowest BCUT2D eigenvalue weighted by Crippen LogP contribution is -2.40. The molecule has 0 amide bonds. The first-order valence-corrected chi connectivity index (χ1v) is 12.4. The Kier molecular flexibility index (Phi) is 3.66.